The van der Waals surface area contributed by atoms with Gasteiger partial charge in [0.05, 0.1) is 0 Å². The zero-order valence-corrected chi connectivity index (χ0v) is 22.4. The summed E-state index contributed by atoms with van der Waals surface area (Å²) >= 11 is 6.46. The van der Waals surface area contributed by atoms with Crippen LogP contribution in [0.15, 0.2) is 60.8 Å². The molecule has 3 amide bonds. The summed E-state index contributed by atoms with van der Waals surface area (Å²) in [5.74, 6) is -6.81. The van der Waals surface area contributed by atoms with Gasteiger partial charge in [0.15, 0.2) is 0 Å². The third kappa shape index (κ3) is 5.63. The Bertz CT molecular complexity index is 1590. The molecule has 1 aromatic heterocycles. The van der Waals surface area contributed by atoms with Gasteiger partial charge in [-0.05, 0) is 30.3 Å². The second kappa shape index (κ2) is 11.4. The number of nitrogens with one attached hydrogen (secondary N) is 1. The highest BCUT2D eigenvalue weighted by atomic mass is 35.5. The van der Waals surface area contributed by atoms with Crippen molar-refractivity contribution in [1.29, 1.82) is 5.26 Å². The molecule has 42 heavy (non-hydrogen) atoms. The molecule has 2 unspecified atom stereocenters. The maximum Gasteiger partial charge on any atom is 0.259 e. The van der Waals surface area contributed by atoms with Crippen molar-refractivity contribution < 1.29 is 32.7 Å². The van der Waals surface area contributed by atoms with Crippen molar-refractivity contribution in [2.45, 2.75) is 49.4 Å². The topological polar surface area (TPSA) is 140 Å². The number of carbonyl (C=O) groups excluding carboxylic acids is 3. The van der Waals surface area contributed by atoms with Crippen molar-refractivity contribution in [3.05, 3.63) is 82.9 Å². The van der Waals surface area contributed by atoms with Crippen LogP contribution in [-0.4, -0.2) is 56.9 Å². The Balaban J connectivity index is 1.63. The molecular weight excluding hydrogens is 577 g/mol. The first-order valence-corrected chi connectivity index (χ1v) is 13.1. The molecule has 1 aliphatic carbocycles. The third-order valence-corrected chi connectivity index (χ3v) is 7.35. The van der Waals surface area contributed by atoms with Crippen LogP contribution in [0.2, 0.25) is 5.02 Å². The lowest BCUT2D eigenvalue weighted by atomic mass is 9.87. The quantitative estimate of drug-likeness (QED) is 0.425. The summed E-state index contributed by atoms with van der Waals surface area (Å²) in [6.07, 6.45) is -2.13. The number of carbonyl (C=O) groups is 3. The number of hydrogen-bond donors (Lipinski definition) is 2. The molecule has 1 saturated heterocycles. The van der Waals surface area contributed by atoms with Gasteiger partial charge in [-0.15, -0.1) is 0 Å². The van der Waals surface area contributed by atoms with Crippen molar-refractivity contribution in [2.24, 2.45) is 0 Å². The first-order chi connectivity index (χ1) is 20.0. The van der Waals surface area contributed by atoms with Crippen LogP contribution in [0.3, 0.4) is 0 Å². The summed E-state index contributed by atoms with van der Waals surface area (Å²) in [5, 5.41) is 22.3. The molecule has 0 radical (unpaired) electrons. The lowest BCUT2D eigenvalue weighted by molar-refractivity contribution is -0.133. The number of benzene rings is 2. The van der Waals surface area contributed by atoms with Crippen LogP contribution >= 0.6 is 11.6 Å². The monoisotopic (exact) mass is 598 g/mol. The minimum atomic E-state index is -2.95. The van der Waals surface area contributed by atoms with E-state index in [0.717, 1.165) is 21.9 Å². The molecule has 1 saturated carbocycles. The number of amides is 3. The number of alkyl halides is 2. The molecule has 3 aromatic rings. The average Bonchev–Trinajstić information content (AvgIpc) is 3.24. The van der Waals surface area contributed by atoms with Crippen LogP contribution < -0.4 is 15.1 Å². The fraction of sp³-hybridized carbons (Fsp3) is 0.286. The second-order valence-corrected chi connectivity index (χ2v) is 10.3. The number of rotatable bonds is 7. The Morgan fingerprint density at radius 1 is 1.19 bits per heavy atom. The summed E-state index contributed by atoms with van der Waals surface area (Å²) in [7, 11) is 0. The van der Waals surface area contributed by atoms with Crippen LogP contribution in [0, 0.1) is 17.1 Å². The fourth-order valence-corrected chi connectivity index (χ4v) is 5.27. The Labute approximate surface area is 242 Å². The molecule has 1 aliphatic heterocycles. The summed E-state index contributed by atoms with van der Waals surface area (Å²) in [6.45, 7) is 0. The van der Waals surface area contributed by atoms with Gasteiger partial charge in [0, 0.05) is 47.8 Å². The van der Waals surface area contributed by atoms with E-state index in [2.05, 4.69) is 15.3 Å². The molecule has 5 rings (SSSR count). The molecule has 10 nitrogen and oxygen atoms in total. The van der Waals surface area contributed by atoms with Gasteiger partial charge >= 0.3 is 0 Å². The largest absolute Gasteiger partial charge is 0.383 e. The van der Waals surface area contributed by atoms with Gasteiger partial charge in [-0.2, -0.15) is 5.26 Å². The van der Waals surface area contributed by atoms with E-state index in [1.54, 1.807) is 18.2 Å². The van der Waals surface area contributed by atoms with Gasteiger partial charge in [0.25, 0.3) is 17.7 Å². The number of aliphatic hydroxyl groups is 1. The average molecular weight is 599 g/mol. The number of halogens is 4. The first kappa shape index (κ1) is 29.0. The molecule has 0 spiro atoms. The van der Waals surface area contributed by atoms with Gasteiger partial charge in [-0.25, -0.2) is 23.1 Å². The number of aromatic nitrogens is 2. The first-order valence-electron chi connectivity index (χ1n) is 12.7. The van der Waals surface area contributed by atoms with E-state index in [0.29, 0.717) is 0 Å². The van der Waals surface area contributed by atoms with Gasteiger partial charge in [0.2, 0.25) is 11.9 Å². The predicted molar refractivity (Wildman–Crippen MR) is 143 cm³/mol. The summed E-state index contributed by atoms with van der Waals surface area (Å²) in [5.41, 5.74) is -0.132. The third-order valence-electron chi connectivity index (χ3n) is 7.01. The zero-order chi connectivity index (χ0) is 30.2. The molecule has 0 bridgehead atoms. The van der Waals surface area contributed by atoms with Crippen LogP contribution in [-0.2, 0) is 14.4 Å². The molecule has 2 heterocycles. The molecule has 3 atom stereocenters. The van der Waals surface area contributed by atoms with E-state index in [4.69, 9.17) is 11.6 Å². The Kier molecular flexibility index (Phi) is 7.85. The predicted octanol–water partition coefficient (Wildman–Crippen LogP) is 3.30. The van der Waals surface area contributed by atoms with Crippen molar-refractivity contribution in [2.75, 3.05) is 9.80 Å². The van der Waals surface area contributed by atoms with Crippen LogP contribution in [0.25, 0.3) is 0 Å². The fourth-order valence-electron chi connectivity index (χ4n) is 5.04. The number of nitriles is 1. The van der Waals surface area contributed by atoms with E-state index < -0.39 is 73.0 Å². The summed E-state index contributed by atoms with van der Waals surface area (Å²) < 4.78 is 41.7. The van der Waals surface area contributed by atoms with Crippen molar-refractivity contribution in [3.63, 3.8) is 0 Å². The summed E-state index contributed by atoms with van der Waals surface area (Å²) in [6, 6.07) is 9.85. The maximum absolute atomic E-state index is 14.5. The summed E-state index contributed by atoms with van der Waals surface area (Å²) in [4.78, 5) is 50.9. The molecular formula is C28H22ClF3N6O4. The van der Waals surface area contributed by atoms with Crippen LogP contribution in [0.1, 0.15) is 36.6 Å². The van der Waals surface area contributed by atoms with Crippen molar-refractivity contribution in [3.8, 4) is 6.07 Å². The lowest BCUT2D eigenvalue weighted by Crippen LogP contribution is -2.56. The van der Waals surface area contributed by atoms with Gasteiger partial charge in [0.1, 0.15) is 35.8 Å². The molecule has 2 aliphatic rings. The highest BCUT2D eigenvalue weighted by molar-refractivity contribution is 6.31. The normalized spacial score (nSPS) is 20.4. The molecule has 2 N–H and O–H groups in total. The SMILES string of the molecule is N#Cc1ccnc(N2C(=O)C(O)CC2C(=O)N(c2cccc(F)c2)[C@H](C(=O)NC2CC(F)(F)C2)c2ccccc2Cl)n1. The van der Waals surface area contributed by atoms with E-state index in [9.17, 15) is 37.9 Å². The molecule has 2 fully saturated rings. The highest BCUT2D eigenvalue weighted by Crippen LogP contribution is 2.39. The maximum atomic E-state index is 14.5. The minimum Gasteiger partial charge on any atom is -0.383 e. The Morgan fingerprint density at radius 2 is 1.93 bits per heavy atom. The number of hydrogen-bond acceptors (Lipinski definition) is 7. The lowest BCUT2D eigenvalue weighted by Gasteiger charge is -2.39. The Hall–Kier alpha value is -4.54. The van der Waals surface area contributed by atoms with Crippen LogP contribution in [0.5, 0.6) is 0 Å². The number of nitrogens with zero attached hydrogens (tertiary/aromatic N) is 5. The van der Waals surface area contributed by atoms with Gasteiger partial charge in [-0.3, -0.25) is 24.2 Å². The smallest absolute Gasteiger partial charge is 0.259 e. The molecule has 14 heteroatoms. The molecule has 216 valence electrons. The Morgan fingerprint density at radius 3 is 2.60 bits per heavy atom. The minimum absolute atomic E-state index is 0.0511. The molecule has 2 aromatic carbocycles. The van der Waals surface area contributed by atoms with Gasteiger partial charge < -0.3 is 10.4 Å². The van der Waals surface area contributed by atoms with Crippen LogP contribution in [0.4, 0.5) is 24.8 Å². The number of aliphatic hydroxyl groups excluding tert-OH is 1. The highest BCUT2D eigenvalue weighted by Gasteiger charge is 2.50. The number of anilines is 2. The second-order valence-electron chi connectivity index (χ2n) is 9.91. The standard InChI is InChI=1S/C28H22ClF3N6O4/c29-20-7-2-1-6-19(20)23(24(40)35-17-12-28(31,32)13-17)37(18-5-3-4-15(30)10-18)25(41)21-11-22(39)26(42)38(21)27-34-9-8-16(14-33)36-27/h1-10,17,21-23,39H,11-13H2,(H,35,40)/t21?,22?,23-/m0/s1. The zero-order valence-electron chi connectivity index (χ0n) is 21.6. The van der Waals surface area contributed by atoms with Gasteiger partial charge in [-0.1, -0.05) is 35.9 Å². The van der Waals surface area contributed by atoms with Crippen molar-refractivity contribution in [1.82, 2.24) is 15.3 Å². The van der Waals surface area contributed by atoms with E-state index >= 15 is 0 Å². The van der Waals surface area contributed by atoms with E-state index in [1.807, 2.05) is 0 Å². The van der Waals surface area contributed by atoms with E-state index in [1.165, 1.54) is 36.5 Å². The van der Waals surface area contributed by atoms with Crippen molar-refractivity contribution >= 4 is 41.0 Å². The van der Waals surface area contributed by atoms with E-state index in [-0.39, 0.29) is 27.9 Å².